The Morgan fingerprint density at radius 3 is 2.71 bits per heavy atom. The molecule has 3 rings (SSSR count). The third kappa shape index (κ3) is 2.00. The lowest BCUT2D eigenvalue weighted by atomic mass is 10.1. The fraction of sp³-hybridized carbons (Fsp3) is 0.462. The first-order valence-electron chi connectivity index (χ1n) is 6.29. The number of rotatable bonds is 2. The van der Waals surface area contributed by atoms with E-state index in [0.717, 1.165) is 11.3 Å². The predicted molar refractivity (Wildman–Crippen MR) is 69.1 cm³/mol. The van der Waals surface area contributed by atoms with Gasteiger partial charge in [0.15, 0.2) is 0 Å². The topological polar surface area (TPSA) is 46.6 Å². The summed E-state index contributed by atoms with van der Waals surface area (Å²) in [7, 11) is 0. The van der Waals surface area contributed by atoms with Gasteiger partial charge in [-0.3, -0.25) is 0 Å². The molecule has 1 aliphatic rings. The molecule has 1 fully saturated rings. The summed E-state index contributed by atoms with van der Waals surface area (Å²) in [4.78, 5) is 6.89. The second-order valence-electron chi connectivity index (χ2n) is 4.64. The fourth-order valence-electron chi connectivity index (χ4n) is 2.47. The number of hydrogen-bond acceptors (Lipinski definition) is 3. The van der Waals surface area contributed by atoms with Crippen molar-refractivity contribution in [3.63, 3.8) is 0 Å². The minimum absolute atomic E-state index is 0.501. The molecular weight excluding hydrogens is 212 g/mol. The number of nitrogens with zero attached hydrogens (tertiary/aromatic N) is 3. The molecule has 1 saturated heterocycles. The van der Waals surface area contributed by atoms with Crippen LogP contribution >= 0.6 is 0 Å². The van der Waals surface area contributed by atoms with Crippen LogP contribution in [0.1, 0.15) is 25.0 Å². The quantitative estimate of drug-likeness (QED) is 0.855. The first-order valence-corrected chi connectivity index (χ1v) is 6.29. The Hall–Kier alpha value is -1.55. The van der Waals surface area contributed by atoms with Gasteiger partial charge in [0.1, 0.15) is 5.65 Å². The minimum atomic E-state index is 0.501. The van der Waals surface area contributed by atoms with E-state index in [1.54, 1.807) is 0 Å². The van der Waals surface area contributed by atoms with Crippen LogP contribution in [-0.4, -0.2) is 22.5 Å². The molecular formula is C13H18N4. The number of piperidine rings is 1. The number of anilines is 1. The second-order valence-corrected chi connectivity index (χ2v) is 4.64. The van der Waals surface area contributed by atoms with Gasteiger partial charge in [0.05, 0.1) is 11.4 Å². The lowest BCUT2D eigenvalue weighted by molar-refractivity contribution is 0.577. The molecule has 1 aliphatic heterocycles. The van der Waals surface area contributed by atoms with Gasteiger partial charge in [-0.15, -0.1) is 0 Å². The molecule has 4 heteroatoms. The predicted octanol–water partition coefficient (Wildman–Crippen LogP) is 1.78. The summed E-state index contributed by atoms with van der Waals surface area (Å²) in [6, 6.07) is 4.23. The number of aromatic nitrogens is 2. The van der Waals surface area contributed by atoms with Crippen molar-refractivity contribution in [2.75, 3.05) is 18.0 Å². The first-order chi connectivity index (χ1) is 8.36. The van der Waals surface area contributed by atoms with Gasteiger partial charge in [-0.2, -0.15) is 0 Å². The highest BCUT2D eigenvalue weighted by Crippen LogP contribution is 2.20. The normalized spacial score (nSPS) is 16.6. The number of hydrogen-bond donors (Lipinski definition) is 1. The third-order valence-electron chi connectivity index (χ3n) is 3.42. The summed E-state index contributed by atoms with van der Waals surface area (Å²) in [6.07, 6.45) is 8.14. The molecule has 2 aromatic heterocycles. The highest BCUT2D eigenvalue weighted by molar-refractivity contribution is 5.52. The van der Waals surface area contributed by atoms with Crippen LogP contribution in [0.2, 0.25) is 0 Å². The molecule has 0 spiro atoms. The highest BCUT2D eigenvalue weighted by Gasteiger charge is 2.11. The molecule has 0 radical (unpaired) electrons. The first kappa shape index (κ1) is 10.6. The van der Waals surface area contributed by atoms with Crippen molar-refractivity contribution >= 4 is 11.3 Å². The summed E-state index contributed by atoms with van der Waals surface area (Å²) in [6.45, 7) is 2.84. The lowest BCUT2D eigenvalue weighted by Gasteiger charge is -2.28. The van der Waals surface area contributed by atoms with Crippen molar-refractivity contribution in [3.05, 3.63) is 30.2 Å². The van der Waals surface area contributed by atoms with E-state index in [0.29, 0.717) is 6.54 Å². The van der Waals surface area contributed by atoms with Gasteiger partial charge in [0.2, 0.25) is 0 Å². The second kappa shape index (κ2) is 4.37. The Bertz CT molecular complexity index is 511. The van der Waals surface area contributed by atoms with E-state index in [2.05, 4.69) is 32.6 Å². The molecule has 17 heavy (non-hydrogen) atoms. The van der Waals surface area contributed by atoms with Crippen molar-refractivity contribution in [1.82, 2.24) is 9.38 Å². The Labute approximate surface area is 101 Å². The van der Waals surface area contributed by atoms with E-state index >= 15 is 0 Å². The molecule has 0 aromatic carbocycles. The number of nitrogens with two attached hydrogens (primary N) is 1. The monoisotopic (exact) mass is 230 g/mol. The van der Waals surface area contributed by atoms with Crippen LogP contribution in [0, 0.1) is 0 Å². The standard InChI is InChI=1S/C13H18N4/c14-8-11-9-17-10-12(4-5-13(17)15-11)16-6-2-1-3-7-16/h4-5,9-10H,1-3,6-8,14H2. The number of imidazole rings is 1. The lowest BCUT2D eigenvalue weighted by Crippen LogP contribution is -2.29. The zero-order valence-electron chi connectivity index (χ0n) is 9.97. The van der Waals surface area contributed by atoms with Crippen LogP contribution in [0.15, 0.2) is 24.5 Å². The summed E-state index contributed by atoms with van der Waals surface area (Å²) in [5.41, 5.74) is 8.82. The zero-order chi connectivity index (χ0) is 11.7. The van der Waals surface area contributed by atoms with Gasteiger partial charge < -0.3 is 15.0 Å². The molecule has 0 atom stereocenters. The highest BCUT2D eigenvalue weighted by atomic mass is 15.1. The maximum absolute atomic E-state index is 5.61. The number of pyridine rings is 1. The Morgan fingerprint density at radius 1 is 1.12 bits per heavy atom. The van der Waals surface area contributed by atoms with Crippen LogP contribution in [0.4, 0.5) is 5.69 Å². The van der Waals surface area contributed by atoms with Crippen molar-refractivity contribution < 1.29 is 0 Å². The van der Waals surface area contributed by atoms with Crippen LogP contribution in [0.5, 0.6) is 0 Å². The van der Waals surface area contributed by atoms with Gasteiger partial charge >= 0.3 is 0 Å². The van der Waals surface area contributed by atoms with E-state index < -0.39 is 0 Å². The summed E-state index contributed by atoms with van der Waals surface area (Å²) >= 11 is 0. The summed E-state index contributed by atoms with van der Waals surface area (Å²) in [5, 5.41) is 0. The molecule has 0 bridgehead atoms. The molecule has 3 heterocycles. The molecule has 0 saturated carbocycles. The van der Waals surface area contributed by atoms with Crippen LogP contribution in [-0.2, 0) is 6.54 Å². The molecule has 0 unspecified atom stereocenters. The Balaban J connectivity index is 1.94. The molecule has 2 N–H and O–H groups in total. The van der Waals surface area contributed by atoms with Gasteiger partial charge in [0, 0.05) is 32.0 Å². The van der Waals surface area contributed by atoms with E-state index in [1.807, 2.05) is 6.20 Å². The smallest absolute Gasteiger partial charge is 0.137 e. The molecule has 0 amide bonds. The molecule has 2 aromatic rings. The van der Waals surface area contributed by atoms with E-state index in [4.69, 9.17) is 5.73 Å². The Morgan fingerprint density at radius 2 is 1.94 bits per heavy atom. The SMILES string of the molecule is NCc1cn2cc(N3CCCCC3)ccc2n1. The van der Waals surface area contributed by atoms with Gasteiger partial charge in [-0.1, -0.05) is 0 Å². The molecule has 0 aliphatic carbocycles. The van der Waals surface area contributed by atoms with Crippen LogP contribution in [0.3, 0.4) is 0 Å². The van der Waals surface area contributed by atoms with Crippen molar-refractivity contribution in [2.24, 2.45) is 5.73 Å². The summed E-state index contributed by atoms with van der Waals surface area (Å²) in [5.74, 6) is 0. The third-order valence-corrected chi connectivity index (χ3v) is 3.42. The average Bonchev–Trinajstić information content (AvgIpc) is 2.81. The average molecular weight is 230 g/mol. The van der Waals surface area contributed by atoms with E-state index in [-0.39, 0.29) is 0 Å². The van der Waals surface area contributed by atoms with Crippen molar-refractivity contribution in [3.8, 4) is 0 Å². The zero-order valence-corrected chi connectivity index (χ0v) is 9.97. The summed E-state index contributed by atoms with van der Waals surface area (Å²) < 4.78 is 2.08. The minimum Gasteiger partial charge on any atom is -0.370 e. The van der Waals surface area contributed by atoms with E-state index in [9.17, 15) is 0 Å². The van der Waals surface area contributed by atoms with Gasteiger partial charge in [-0.05, 0) is 31.4 Å². The van der Waals surface area contributed by atoms with Crippen molar-refractivity contribution in [1.29, 1.82) is 0 Å². The van der Waals surface area contributed by atoms with Crippen molar-refractivity contribution in [2.45, 2.75) is 25.8 Å². The van der Waals surface area contributed by atoms with E-state index in [1.165, 1.54) is 38.0 Å². The molecule has 4 nitrogen and oxygen atoms in total. The largest absolute Gasteiger partial charge is 0.370 e. The van der Waals surface area contributed by atoms with Gasteiger partial charge in [-0.25, -0.2) is 4.98 Å². The number of fused-ring (bicyclic) bond motifs is 1. The van der Waals surface area contributed by atoms with Gasteiger partial charge in [0.25, 0.3) is 0 Å². The maximum Gasteiger partial charge on any atom is 0.137 e. The van der Waals surface area contributed by atoms with Crippen LogP contribution in [0.25, 0.3) is 5.65 Å². The van der Waals surface area contributed by atoms with Crippen LogP contribution < -0.4 is 10.6 Å². The fourth-order valence-corrected chi connectivity index (χ4v) is 2.47. The Kier molecular flexibility index (Phi) is 2.73. The molecule has 90 valence electrons. The maximum atomic E-state index is 5.61.